The maximum atomic E-state index is 10.5. The number of benzene rings is 1. The van der Waals surface area contributed by atoms with Gasteiger partial charge in [0.1, 0.15) is 5.75 Å². The average Bonchev–Trinajstić information content (AvgIpc) is 2.44. The topological polar surface area (TPSA) is 73.3 Å². The van der Waals surface area contributed by atoms with E-state index in [1.807, 2.05) is 6.07 Å². The van der Waals surface area contributed by atoms with Gasteiger partial charge in [-0.25, -0.2) is 0 Å². The van der Waals surface area contributed by atoms with Gasteiger partial charge in [-0.2, -0.15) is 0 Å². The molecule has 0 aliphatic carbocycles. The van der Waals surface area contributed by atoms with Crippen molar-refractivity contribution in [3.8, 4) is 5.75 Å². The number of hydrogen-bond donors (Lipinski definition) is 3. The molecular formula is C10H9NO3. The Bertz CT molecular complexity index is 487. The number of aromatic nitrogens is 1. The fourth-order valence-electron chi connectivity index (χ4n) is 1.46. The standard InChI is InChI=1S/C10H9NO3/c12-9(13)5-8-10(14)6-3-1-2-4-7(6)11-8/h1-4,11,14H,5H2,(H,12,13). The van der Waals surface area contributed by atoms with Crippen molar-refractivity contribution in [3.05, 3.63) is 30.0 Å². The number of aliphatic carboxylic acids is 1. The van der Waals surface area contributed by atoms with Crippen molar-refractivity contribution in [2.45, 2.75) is 6.42 Å². The molecule has 0 fully saturated rings. The van der Waals surface area contributed by atoms with Crippen molar-refractivity contribution in [2.24, 2.45) is 0 Å². The van der Waals surface area contributed by atoms with Gasteiger partial charge in [-0.3, -0.25) is 4.79 Å². The Labute approximate surface area is 79.8 Å². The molecule has 0 unspecified atom stereocenters. The second-order valence-electron chi connectivity index (χ2n) is 3.07. The zero-order valence-electron chi connectivity index (χ0n) is 7.32. The normalized spacial score (nSPS) is 10.6. The minimum Gasteiger partial charge on any atom is -0.505 e. The van der Waals surface area contributed by atoms with Crippen LogP contribution in [0.4, 0.5) is 0 Å². The van der Waals surface area contributed by atoms with Crippen LogP contribution in [-0.4, -0.2) is 21.2 Å². The maximum absolute atomic E-state index is 10.5. The van der Waals surface area contributed by atoms with Crippen LogP contribution in [-0.2, 0) is 11.2 Å². The number of fused-ring (bicyclic) bond motifs is 1. The van der Waals surface area contributed by atoms with Crippen molar-refractivity contribution in [2.75, 3.05) is 0 Å². The van der Waals surface area contributed by atoms with Gasteiger partial charge in [0.2, 0.25) is 0 Å². The number of rotatable bonds is 2. The Morgan fingerprint density at radius 3 is 2.71 bits per heavy atom. The Balaban J connectivity index is 2.57. The Hall–Kier alpha value is -1.97. The predicted molar refractivity (Wildman–Crippen MR) is 51.3 cm³/mol. The lowest BCUT2D eigenvalue weighted by Gasteiger charge is -1.92. The van der Waals surface area contributed by atoms with Crippen LogP contribution in [0.25, 0.3) is 10.9 Å². The molecule has 0 aliphatic heterocycles. The van der Waals surface area contributed by atoms with E-state index in [4.69, 9.17) is 5.11 Å². The summed E-state index contributed by atoms with van der Waals surface area (Å²) in [5.41, 5.74) is 1.10. The van der Waals surface area contributed by atoms with Crippen LogP contribution >= 0.6 is 0 Å². The summed E-state index contributed by atoms with van der Waals surface area (Å²) in [5.74, 6) is -0.935. The van der Waals surface area contributed by atoms with E-state index in [9.17, 15) is 9.90 Å². The van der Waals surface area contributed by atoms with Crippen LogP contribution in [0.2, 0.25) is 0 Å². The number of carboxylic acids is 1. The molecule has 2 aromatic rings. The van der Waals surface area contributed by atoms with Gasteiger partial charge in [0.25, 0.3) is 0 Å². The Morgan fingerprint density at radius 2 is 2.07 bits per heavy atom. The lowest BCUT2D eigenvalue weighted by atomic mass is 10.2. The van der Waals surface area contributed by atoms with Gasteiger partial charge in [-0.05, 0) is 12.1 Å². The van der Waals surface area contributed by atoms with Gasteiger partial charge in [-0.1, -0.05) is 12.1 Å². The molecule has 14 heavy (non-hydrogen) atoms. The molecule has 3 N–H and O–H groups in total. The van der Waals surface area contributed by atoms with Crippen molar-refractivity contribution >= 4 is 16.9 Å². The zero-order chi connectivity index (χ0) is 10.1. The highest BCUT2D eigenvalue weighted by atomic mass is 16.4. The molecule has 0 bridgehead atoms. The molecule has 0 radical (unpaired) electrons. The van der Waals surface area contributed by atoms with Crippen molar-refractivity contribution in [1.82, 2.24) is 4.98 Å². The second kappa shape index (κ2) is 3.06. The molecule has 0 aliphatic rings. The fourth-order valence-corrected chi connectivity index (χ4v) is 1.46. The Kier molecular flexibility index (Phi) is 1.89. The summed E-state index contributed by atoms with van der Waals surface area (Å²) in [6, 6.07) is 7.15. The average molecular weight is 191 g/mol. The summed E-state index contributed by atoms with van der Waals surface area (Å²) in [6.45, 7) is 0. The minimum atomic E-state index is -0.966. The first-order chi connectivity index (χ1) is 6.68. The summed E-state index contributed by atoms with van der Waals surface area (Å²) >= 11 is 0. The molecule has 4 heteroatoms. The summed E-state index contributed by atoms with van der Waals surface area (Å²) in [6.07, 6.45) is -0.194. The number of aromatic hydroxyl groups is 1. The largest absolute Gasteiger partial charge is 0.505 e. The van der Waals surface area contributed by atoms with E-state index < -0.39 is 5.97 Å². The van der Waals surface area contributed by atoms with Crippen molar-refractivity contribution in [1.29, 1.82) is 0 Å². The van der Waals surface area contributed by atoms with E-state index in [-0.39, 0.29) is 12.2 Å². The first-order valence-electron chi connectivity index (χ1n) is 4.19. The van der Waals surface area contributed by atoms with Crippen LogP contribution < -0.4 is 0 Å². The zero-order valence-corrected chi connectivity index (χ0v) is 7.32. The number of hydrogen-bond acceptors (Lipinski definition) is 2. The summed E-state index contributed by atoms with van der Waals surface area (Å²) in [5, 5.41) is 18.9. The molecule has 0 spiro atoms. The quantitative estimate of drug-likeness (QED) is 0.673. The third-order valence-electron chi connectivity index (χ3n) is 2.08. The van der Waals surface area contributed by atoms with Crippen LogP contribution in [0, 0.1) is 0 Å². The van der Waals surface area contributed by atoms with Crippen LogP contribution in [0.5, 0.6) is 5.75 Å². The highest BCUT2D eigenvalue weighted by Gasteiger charge is 2.11. The van der Waals surface area contributed by atoms with E-state index in [2.05, 4.69) is 4.98 Å². The van der Waals surface area contributed by atoms with Gasteiger partial charge in [-0.15, -0.1) is 0 Å². The molecule has 0 atom stereocenters. The molecule has 0 amide bonds. The lowest BCUT2D eigenvalue weighted by Crippen LogP contribution is -2.00. The molecule has 72 valence electrons. The van der Waals surface area contributed by atoms with Gasteiger partial charge in [0, 0.05) is 10.9 Å². The number of para-hydroxylation sites is 1. The van der Waals surface area contributed by atoms with Crippen molar-refractivity contribution in [3.63, 3.8) is 0 Å². The summed E-state index contributed by atoms with van der Waals surface area (Å²) < 4.78 is 0. The van der Waals surface area contributed by atoms with Gasteiger partial charge in [0.15, 0.2) is 0 Å². The molecule has 1 aromatic heterocycles. The highest BCUT2D eigenvalue weighted by molar-refractivity contribution is 5.88. The molecule has 1 heterocycles. The molecular weight excluding hydrogens is 182 g/mol. The van der Waals surface area contributed by atoms with Gasteiger partial charge >= 0.3 is 5.97 Å². The number of H-pyrrole nitrogens is 1. The van der Waals surface area contributed by atoms with E-state index in [0.29, 0.717) is 11.1 Å². The third-order valence-corrected chi connectivity index (χ3v) is 2.08. The Morgan fingerprint density at radius 1 is 1.36 bits per heavy atom. The second-order valence-corrected chi connectivity index (χ2v) is 3.07. The maximum Gasteiger partial charge on any atom is 0.309 e. The van der Waals surface area contributed by atoms with E-state index >= 15 is 0 Å². The van der Waals surface area contributed by atoms with Gasteiger partial charge < -0.3 is 15.2 Å². The predicted octanol–water partition coefficient (Wildman–Crippen LogP) is 1.50. The monoisotopic (exact) mass is 191 g/mol. The fraction of sp³-hybridized carbons (Fsp3) is 0.100. The smallest absolute Gasteiger partial charge is 0.309 e. The first kappa shape index (κ1) is 8.62. The van der Waals surface area contributed by atoms with Gasteiger partial charge in [0.05, 0.1) is 12.1 Å². The van der Waals surface area contributed by atoms with E-state index in [1.54, 1.807) is 18.2 Å². The number of carboxylic acid groups (broad SMARTS) is 1. The minimum absolute atomic E-state index is 0.0306. The van der Waals surface area contributed by atoms with Crippen LogP contribution in [0.3, 0.4) is 0 Å². The number of aromatic amines is 1. The number of nitrogens with one attached hydrogen (secondary N) is 1. The van der Waals surface area contributed by atoms with E-state index in [0.717, 1.165) is 5.52 Å². The third kappa shape index (κ3) is 1.31. The molecule has 2 rings (SSSR count). The molecule has 0 saturated heterocycles. The molecule has 1 aromatic carbocycles. The highest BCUT2D eigenvalue weighted by Crippen LogP contribution is 2.28. The first-order valence-corrected chi connectivity index (χ1v) is 4.19. The van der Waals surface area contributed by atoms with Crippen molar-refractivity contribution < 1.29 is 15.0 Å². The lowest BCUT2D eigenvalue weighted by molar-refractivity contribution is -0.136. The van der Waals surface area contributed by atoms with Crippen LogP contribution in [0.15, 0.2) is 24.3 Å². The molecule has 0 saturated carbocycles. The SMILES string of the molecule is O=C(O)Cc1[nH]c2ccccc2c1O. The van der Waals surface area contributed by atoms with E-state index in [1.165, 1.54) is 0 Å². The molecule has 4 nitrogen and oxygen atoms in total. The number of carbonyl (C=O) groups is 1. The van der Waals surface area contributed by atoms with Crippen LogP contribution in [0.1, 0.15) is 5.69 Å². The summed E-state index contributed by atoms with van der Waals surface area (Å²) in [7, 11) is 0. The summed E-state index contributed by atoms with van der Waals surface area (Å²) in [4.78, 5) is 13.3.